The van der Waals surface area contributed by atoms with E-state index < -0.39 is 0 Å². The van der Waals surface area contributed by atoms with Crippen molar-refractivity contribution in [3.05, 3.63) is 93.9 Å². The largest absolute Gasteiger partial charge is 0.508 e. The summed E-state index contributed by atoms with van der Waals surface area (Å²) in [5.74, 6) is 0.130. The van der Waals surface area contributed by atoms with Crippen LogP contribution in [-0.2, 0) is 4.79 Å². The van der Waals surface area contributed by atoms with Gasteiger partial charge in [-0.25, -0.2) is 4.99 Å². The molecular weight excluding hydrogens is 392 g/mol. The molecule has 0 spiro atoms. The Hall–Kier alpha value is -3.31. The minimum absolute atomic E-state index is 0.111. The first-order chi connectivity index (χ1) is 14.4. The lowest BCUT2D eigenvalue weighted by atomic mass is 10.1. The predicted octanol–water partition coefficient (Wildman–Crippen LogP) is 6.13. The van der Waals surface area contributed by atoms with Crippen molar-refractivity contribution < 1.29 is 9.90 Å². The zero-order valence-corrected chi connectivity index (χ0v) is 17.9. The maximum absolute atomic E-state index is 13.3. The first-order valence-electron chi connectivity index (χ1n) is 9.66. The molecule has 1 aliphatic heterocycles. The molecule has 0 aliphatic carbocycles. The third-order valence-corrected chi connectivity index (χ3v) is 5.84. The molecule has 1 saturated heterocycles. The number of amides is 1. The zero-order chi connectivity index (χ0) is 21.3. The Balaban J connectivity index is 1.77. The number of benzene rings is 3. The number of hydrogen-bond donors (Lipinski definition) is 1. The second-order valence-electron chi connectivity index (χ2n) is 7.36. The molecule has 30 heavy (non-hydrogen) atoms. The van der Waals surface area contributed by atoms with E-state index in [1.54, 1.807) is 17.0 Å². The fraction of sp³-hybridized carbons (Fsp3) is 0.120. The molecule has 4 rings (SSSR count). The van der Waals surface area contributed by atoms with Crippen LogP contribution >= 0.6 is 11.8 Å². The summed E-state index contributed by atoms with van der Waals surface area (Å²) in [6, 6.07) is 21.1. The lowest BCUT2D eigenvalue weighted by molar-refractivity contribution is -0.113. The molecule has 0 unspecified atom stereocenters. The van der Waals surface area contributed by atoms with E-state index in [1.165, 1.54) is 11.8 Å². The SMILES string of the molecule is Cc1ccc(/N=C2\S/C(=C\c3ccc(O)c(C)c3)C(=O)N2c2ccc(C)cc2)cc1. The predicted molar refractivity (Wildman–Crippen MR) is 125 cm³/mol. The lowest BCUT2D eigenvalue weighted by Gasteiger charge is -2.16. The molecule has 0 radical (unpaired) electrons. The third-order valence-electron chi connectivity index (χ3n) is 4.88. The highest BCUT2D eigenvalue weighted by molar-refractivity contribution is 8.19. The van der Waals surface area contributed by atoms with Crippen LogP contribution in [0.4, 0.5) is 11.4 Å². The van der Waals surface area contributed by atoms with Crippen LogP contribution in [0.1, 0.15) is 22.3 Å². The fourth-order valence-corrected chi connectivity index (χ4v) is 4.12. The van der Waals surface area contributed by atoms with Gasteiger partial charge in [0.25, 0.3) is 5.91 Å². The van der Waals surface area contributed by atoms with Gasteiger partial charge in [-0.1, -0.05) is 41.5 Å². The van der Waals surface area contributed by atoms with Crippen LogP contribution in [0, 0.1) is 20.8 Å². The maximum atomic E-state index is 13.3. The molecule has 1 heterocycles. The van der Waals surface area contributed by atoms with Crippen LogP contribution in [0.25, 0.3) is 6.08 Å². The van der Waals surface area contributed by atoms with Crippen LogP contribution in [-0.4, -0.2) is 16.2 Å². The van der Waals surface area contributed by atoms with Crippen LogP contribution in [0.5, 0.6) is 5.75 Å². The van der Waals surface area contributed by atoms with Gasteiger partial charge in [0.1, 0.15) is 5.75 Å². The standard InChI is InChI=1S/C25H22N2O2S/c1-16-4-9-20(10-5-16)26-25-27(21-11-6-17(2)7-12-21)24(29)23(30-25)15-19-8-13-22(28)18(3)14-19/h4-15,28H,1-3H3/b23-15-,26-25-. The summed E-state index contributed by atoms with van der Waals surface area (Å²) < 4.78 is 0. The van der Waals surface area contributed by atoms with Crippen LogP contribution in [0.2, 0.25) is 0 Å². The summed E-state index contributed by atoms with van der Waals surface area (Å²) in [5, 5.41) is 10.4. The van der Waals surface area contributed by atoms with Gasteiger partial charge in [0.05, 0.1) is 16.3 Å². The van der Waals surface area contributed by atoms with E-state index in [2.05, 4.69) is 0 Å². The fourth-order valence-electron chi connectivity index (χ4n) is 3.12. The number of carbonyl (C=O) groups excluding carboxylic acids is 1. The summed E-state index contributed by atoms with van der Waals surface area (Å²) in [6.45, 7) is 5.89. The van der Waals surface area contributed by atoms with Gasteiger partial charge in [-0.3, -0.25) is 9.69 Å². The van der Waals surface area contributed by atoms with Crippen molar-refractivity contribution >= 4 is 40.3 Å². The van der Waals surface area contributed by atoms with Crippen molar-refractivity contribution in [3.8, 4) is 5.75 Å². The van der Waals surface area contributed by atoms with Gasteiger partial charge >= 0.3 is 0 Å². The number of nitrogens with zero attached hydrogens (tertiary/aromatic N) is 2. The second-order valence-corrected chi connectivity index (χ2v) is 8.37. The quantitative estimate of drug-likeness (QED) is 0.525. The molecular formula is C25H22N2O2S. The molecule has 0 aromatic heterocycles. The number of rotatable bonds is 3. The number of aromatic hydroxyl groups is 1. The van der Waals surface area contributed by atoms with Crippen LogP contribution in [0.15, 0.2) is 76.6 Å². The molecule has 5 heteroatoms. The van der Waals surface area contributed by atoms with Gasteiger partial charge in [0.15, 0.2) is 5.17 Å². The highest BCUT2D eigenvalue weighted by Crippen LogP contribution is 2.37. The molecule has 1 aliphatic rings. The number of thioether (sulfide) groups is 1. The molecule has 1 N–H and O–H groups in total. The molecule has 0 bridgehead atoms. The Morgan fingerprint density at radius 1 is 0.900 bits per heavy atom. The summed E-state index contributed by atoms with van der Waals surface area (Å²) in [7, 11) is 0. The molecule has 0 atom stereocenters. The number of amidine groups is 1. The molecule has 1 amide bonds. The summed E-state index contributed by atoms with van der Waals surface area (Å²) in [6.07, 6.45) is 1.85. The van der Waals surface area contributed by atoms with Crippen molar-refractivity contribution in [2.75, 3.05) is 4.90 Å². The Morgan fingerprint density at radius 2 is 1.53 bits per heavy atom. The average molecular weight is 415 g/mol. The Morgan fingerprint density at radius 3 is 2.17 bits per heavy atom. The summed E-state index contributed by atoms with van der Waals surface area (Å²) in [4.78, 5) is 20.3. The number of aliphatic imine (C=N–C) groups is 1. The van der Waals surface area contributed by atoms with Crippen molar-refractivity contribution in [1.82, 2.24) is 0 Å². The van der Waals surface area contributed by atoms with E-state index in [-0.39, 0.29) is 11.7 Å². The Bertz CT molecular complexity index is 1160. The number of phenols is 1. The first-order valence-corrected chi connectivity index (χ1v) is 10.5. The molecule has 150 valence electrons. The highest BCUT2D eigenvalue weighted by atomic mass is 32.2. The Labute approximate surface area is 180 Å². The van der Waals surface area contributed by atoms with Crippen molar-refractivity contribution in [1.29, 1.82) is 0 Å². The minimum Gasteiger partial charge on any atom is -0.508 e. The van der Waals surface area contributed by atoms with Crippen LogP contribution in [0.3, 0.4) is 0 Å². The lowest BCUT2D eigenvalue weighted by Crippen LogP contribution is -2.28. The smallest absolute Gasteiger partial charge is 0.271 e. The van der Waals surface area contributed by atoms with E-state index in [0.29, 0.717) is 10.1 Å². The minimum atomic E-state index is -0.111. The van der Waals surface area contributed by atoms with E-state index in [0.717, 1.165) is 33.6 Å². The molecule has 1 fully saturated rings. The van der Waals surface area contributed by atoms with E-state index in [1.807, 2.05) is 81.4 Å². The number of phenolic OH excluding ortho intramolecular Hbond substituents is 1. The van der Waals surface area contributed by atoms with Crippen LogP contribution < -0.4 is 4.90 Å². The number of aryl methyl sites for hydroxylation is 3. The van der Waals surface area contributed by atoms with E-state index in [9.17, 15) is 9.90 Å². The first kappa shape index (κ1) is 20.0. The maximum Gasteiger partial charge on any atom is 0.271 e. The van der Waals surface area contributed by atoms with E-state index >= 15 is 0 Å². The highest BCUT2D eigenvalue weighted by Gasteiger charge is 2.34. The average Bonchev–Trinajstić information content (AvgIpc) is 3.02. The van der Waals surface area contributed by atoms with Crippen molar-refractivity contribution in [2.45, 2.75) is 20.8 Å². The third kappa shape index (κ3) is 4.16. The summed E-state index contributed by atoms with van der Waals surface area (Å²) in [5.41, 5.74) is 5.51. The van der Waals surface area contributed by atoms with Crippen molar-refractivity contribution in [3.63, 3.8) is 0 Å². The van der Waals surface area contributed by atoms with Gasteiger partial charge in [-0.15, -0.1) is 0 Å². The normalized spacial score (nSPS) is 16.6. The topological polar surface area (TPSA) is 52.9 Å². The molecule has 0 saturated carbocycles. The number of carbonyl (C=O) groups is 1. The zero-order valence-electron chi connectivity index (χ0n) is 17.1. The van der Waals surface area contributed by atoms with Gasteiger partial charge in [-0.05, 0) is 86.1 Å². The monoisotopic (exact) mass is 414 g/mol. The van der Waals surface area contributed by atoms with Crippen molar-refractivity contribution in [2.24, 2.45) is 4.99 Å². The van der Waals surface area contributed by atoms with Gasteiger partial charge < -0.3 is 5.11 Å². The summed E-state index contributed by atoms with van der Waals surface area (Å²) >= 11 is 1.35. The number of hydrogen-bond acceptors (Lipinski definition) is 4. The molecule has 3 aromatic carbocycles. The van der Waals surface area contributed by atoms with Gasteiger partial charge in [-0.2, -0.15) is 0 Å². The number of anilines is 1. The van der Waals surface area contributed by atoms with E-state index in [4.69, 9.17) is 4.99 Å². The molecule has 3 aromatic rings. The van der Waals surface area contributed by atoms with Gasteiger partial charge in [0.2, 0.25) is 0 Å². The molecule has 4 nitrogen and oxygen atoms in total. The van der Waals surface area contributed by atoms with Gasteiger partial charge in [0, 0.05) is 0 Å². The second kappa shape index (κ2) is 8.20. The Kier molecular flexibility index (Phi) is 5.46.